The summed E-state index contributed by atoms with van der Waals surface area (Å²) in [6.07, 6.45) is 4.07. The fourth-order valence-corrected chi connectivity index (χ4v) is 2.40. The van der Waals surface area contributed by atoms with Crippen molar-refractivity contribution in [2.24, 2.45) is 0 Å². The Balaban J connectivity index is 2.87. The third kappa shape index (κ3) is 3.54. The second kappa shape index (κ2) is 6.18. The van der Waals surface area contributed by atoms with Crippen LogP contribution in [0.5, 0.6) is 5.75 Å². The molecule has 0 amide bonds. The Morgan fingerprint density at radius 1 is 1.33 bits per heavy atom. The first-order valence-electron chi connectivity index (χ1n) is 4.57. The Hall–Kier alpha value is -0.480. The molecule has 0 saturated heterocycles. The Morgan fingerprint density at radius 3 is 2.67 bits per heavy atom. The molecule has 0 saturated carbocycles. The molecule has 0 unspecified atom stereocenters. The fraction of sp³-hybridized carbons (Fsp3) is 0.273. The number of hydrogen-bond acceptors (Lipinski definition) is 2. The standard InChI is InChI=1S/C11H13Br2NO/c1-3-4-5-14-10-7-11(15-2)9(13)6-8(10)12/h3-4,6-7,14H,5H2,1-2H3/b4-3+. The molecule has 0 fully saturated rings. The molecule has 1 rings (SSSR count). The maximum atomic E-state index is 5.22. The number of hydrogen-bond donors (Lipinski definition) is 1. The Bertz CT molecular complexity index is 364. The number of rotatable bonds is 4. The van der Waals surface area contributed by atoms with Crippen molar-refractivity contribution in [3.05, 3.63) is 33.2 Å². The molecule has 0 heterocycles. The van der Waals surface area contributed by atoms with Gasteiger partial charge in [-0.25, -0.2) is 0 Å². The second-order valence-corrected chi connectivity index (χ2v) is 4.63. The van der Waals surface area contributed by atoms with E-state index in [-0.39, 0.29) is 0 Å². The molecule has 0 spiro atoms. The zero-order valence-electron chi connectivity index (χ0n) is 8.68. The van der Waals surface area contributed by atoms with Crippen LogP contribution in [0.4, 0.5) is 5.69 Å². The largest absolute Gasteiger partial charge is 0.495 e. The number of ether oxygens (including phenoxy) is 1. The van der Waals surface area contributed by atoms with Crippen molar-refractivity contribution in [3.63, 3.8) is 0 Å². The number of allylic oxidation sites excluding steroid dienone is 1. The van der Waals surface area contributed by atoms with E-state index in [2.05, 4.69) is 43.3 Å². The molecule has 0 aromatic heterocycles. The van der Waals surface area contributed by atoms with E-state index in [1.54, 1.807) is 7.11 Å². The Kier molecular flexibility index (Phi) is 5.19. The lowest BCUT2D eigenvalue weighted by molar-refractivity contribution is 0.412. The minimum Gasteiger partial charge on any atom is -0.495 e. The van der Waals surface area contributed by atoms with E-state index in [0.29, 0.717) is 0 Å². The van der Waals surface area contributed by atoms with Gasteiger partial charge in [0.1, 0.15) is 5.75 Å². The number of methoxy groups -OCH3 is 1. The minimum absolute atomic E-state index is 0.805. The van der Waals surface area contributed by atoms with Gasteiger partial charge in [-0.15, -0.1) is 0 Å². The summed E-state index contributed by atoms with van der Waals surface area (Å²) in [6, 6.07) is 3.93. The lowest BCUT2D eigenvalue weighted by Crippen LogP contribution is -1.99. The van der Waals surface area contributed by atoms with Crippen LogP contribution >= 0.6 is 31.9 Å². The summed E-state index contributed by atoms with van der Waals surface area (Å²) in [5.41, 5.74) is 1.02. The van der Waals surface area contributed by atoms with Gasteiger partial charge in [0, 0.05) is 17.1 Å². The summed E-state index contributed by atoms with van der Waals surface area (Å²) in [7, 11) is 1.66. The molecule has 0 aliphatic carbocycles. The lowest BCUT2D eigenvalue weighted by atomic mass is 10.3. The summed E-state index contributed by atoms with van der Waals surface area (Å²) < 4.78 is 7.17. The van der Waals surface area contributed by atoms with Crippen LogP contribution in [0.15, 0.2) is 33.2 Å². The van der Waals surface area contributed by atoms with Crippen LogP contribution in [-0.4, -0.2) is 13.7 Å². The van der Waals surface area contributed by atoms with Crippen LogP contribution in [0.25, 0.3) is 0 Å². The normalized spacial score (nSPS) is 10.7. The molecule has 4 heteroatoms. The van der Waals surface area contributed by atoms with Gasteiger partial charge in [0.05, 0.1) is 17.3 Å². The fourth-order valence-electron chi connectivity index (χ4n) is 1.11. The smallest absolute Gasteiger partial charge is 0.135 e. The SMILES string of the molecule is C/C=C/CNc1cc(OC)c(Br)cc1Br. The zero-order chi connectivity index (χ0) is 11.3. The molecule has 1 N–H and O–H groups in total. The van der Waals surface area contributed by atoms with Crippen molar-refractivity contribution < 1.29 is 4.74 Å². The van der Waals surface area contributed by atoms with Crippen LogP contribution in [0.2, 0.25) is 0 Å². The van der Waals surface area contributed by atoms with Crippen LogP contribution < -0.4 is 10.1 Å². The maximum Gasteiger partial charge on any atom is 0.135 e. The number of anilines is 1. The number of halogens is 2. The summed E-state index contributed by atoms with van der Waals surface area (Å²) in [4.78, 5) is 0. The Morgan fingerprint density at radius 2 is 2.07 bits per heavy atom. The van der Waals surface area contributed by atoms with Crippen molar-refractivity contribution in [3.8, 4) is 5.75 Å². The highest BCUT2D eigenvalue weighted by Crippen LogP contribution is 2.34. The summed E-state index contributed by atoms with van der Waals surface area (Å²) >= 11 is 6.92. The van der Waals surface area contributed by atoms with Crippen molar-refractivity contribution in [1.29, 1.82) is 0 Å². The monoisotopic (exact) mass is 333 g/mol. The van der Waals surface area contributed by atoms with Crippen LogP contribution in [0.3, 0.4) is 0 Å². The van der Waals surface area contributed by atoms with Gasteiger partial charge in [0.15, 0.2) is 0 Å². The highest BCUT2D eigenvalue weighted by Gasteiger charge is 2.05. The molecule has 0 atom stereocenters. The molecular formula is C11H13Br2NO. The molecule has 82 valence electrons. The highest BCUT2D eigenvalue weighted by atomic mass is 79.9. The van der Waals surface area contributed by atoms with Gasteiger partial charge in [-0.2, -0.15) is 0 Å². The quantitative estimate of drug-likeness (QED) is 0.833. The summed E-state index contributed by atoms with van der Waals surface area (Å²) in [6.45, 7) is 2.80. The minimum atomic E-state index is 0.805. The van der Waals surface area contributed by atoms with Crippen molar-refractivity contribution in [2.45, 2.75) is 6.92 Å². The van der Waals surface area contributed by atoms with Crippen molar-refractivity contribution in [1.82, 2.24) is 0 Å². The van der Waals surface area contributed by atoms with Gasteiger partial charge >= 0.3 is 0 Å². The van der Waals surface area contributed by atoms with Gasteiger partial charge < -0.3 is 10.1 Å². The highest BCUT2D eigenvalue weighted by molar-refractivity contribution is 9.11. The maximum absolute atomic E-state index is 5.22. The molecule has 0 bridgehead atoms. The predicted molar refractivity (Wildman–Crippen MR) is 71.7 cm³/mol. The van der Waals surface area contributed by atoms with Crippen molar-refractivity contribution >= 4 is 37.5 Å². The number of nitrogens with one attached hydrogen (secondary N) is 1. The molecule has 1 aromatic rings. The van der Waals surface area contributed by atoms with E-state index in [1.807, 2.05) is 25.1 Å². The number of benzene rings is 1. The second-order valence-electron chi connectivity index (χ2n) is 2.92. The van der Waals surface area contributed by atoms with E-state index in [0.717, 1.165) is 26.9 Å². The molecule has 1 aromatic carbocycles. The zero-order valence-corrected chi connectivity index (χ0v) is 11.9. The Labute approximate surface area is 107 Å². The first-order valence-corrected chi connectivity index (χ1v) is 6.15. The lowest BCUT2D eigenvalue weighted by Gasteiger charge is -2.10. The van der Waals surface area contributed by atoms with E-state index in [9.17, 15) is 0 Å². The average molecular weight is 335 g/mol. The van der Waals surface area contributed by atoms with Crippen molar-refractivity contribution in [2.75, 3.05) is 19.0 Å². The summed E-state index contributed by atoms with van der Waals surface area (Å²) in [5, 5.41) is 3.28. The molecule has 0 radical (unpaired) electrons. The van der Waals surface area contributed by atoms with Crippen LogP contribution in [0.1, 0.15) is 6.92 Å². The van der Waals surface area contributed by atoms with Gasteiger partial charge in [-0.3, -0.25) is 0 Å². The van der Waals surface area contributed by atoms with Gasteiger partial charge in [0.25, 0.3) is 0 Å². The molecule has 15 heavy (non-hydrogen) atoms. The van der Waals surface area contributed by atoms with E-state index < -0.39 is 0 Å². The van der Waals surface area contributed by atoms with Gasteiger partial charge in [-0.05, 0) is 44.8 Å². The molecule has 0 aliphatic rings. The van der Waals surface area contributed by atoms with Gasteiger partial charge in [-0.1, -0.05) is 12.2 Å². The first-order chi connectivity index (χ1) is 7.19. The van der Waals surface area contributed by atoms with E-state index >= 15 is 0 Å². The first kappa shape index (κ1) is 12.6. The average Bonchev–Trinajstić information content (AvgIpc) is 2.21. The predicted octanol–water partition coefficient (Wildman–Crippen LogP) is 4.21. The van der Waals surface area contributed by atoms with Crippen LogP contribution in [-0.2, 0) is 0 Å². The molecular weight excluding hydrogens is 322 g/mol. The summed E-state index contributed by atoms with van der Waals surface area (Å²) in [5.74, 6) is 0.821. The molecule has 0 aliphatic heterocycles. The third-order valence-electron chi connectivity index (χ3n) is 1.89. The van der Waals surface area contributed by atoms with Crippen LogP contribution in [0, 0.1) is 0 Å². The topological polar surface area (TPSA) is 21.3 Å². The van der Waals surface area contributed by atoms with Gasteiger partial charge in [0.2, 0.25) is 0 Å². The molecule has 2 nitrogen and oxygen atoms in total. The third-order valence-corrected chi connectivity index (χ3v) is 3.16. The van der Waals surface area contributed by atoms with E-state index in [4.69, 9.17) is 4.74 Å². The van der Waals surface area contributed by atoms with E-state index in [1.165, 1.54) is 0 Å².